The van der Waals surface area contributed by atoms with Gasteiger partial charge in [0.25, 0.3) is 15.9 Å². The molecule has 0 spiro atoms. The maximum Gasteiger partial charge on any atom is 0.256 e. The van der Waals surface area contributed by atoms with Crippen LogP contribution in [-0.4, -0.2) is 105 Å². The molecule has 10 heteroatoms. The summed E-state index contributed by atoms with van der Waals surface area (Å²) in [6.07, 6.45) is 5.67. The van der Waals surface area contributed by atoms with Gasteiger partial charge >= 0.3 is 0 Å². The van der Waals surface area contributed by atoms with Crippen molar-refractivity contribution in [2.75, 3.05) is 59.1 Å². The van der Waals surface area contributed by atoms with Crippen LogP contribution in [0.5, 0.6) is 0 Å². The van der Waals surface area contributed by atoms with Crippen molar-refractivity contribution >= 4 is 27.7 Å². The summed E-state index contributed by atoms with van der Waals surface area (Å²) < 4.78 is 26.9. The number of hydrogen-bond acceptors (Lipinski definition) is 6. The van der Waals surface area contributed by atoms with Gasteiger partial charge < -0.3 is 14.7 Å². The van der Waals surface area contributed by atoms with Crippen LogP contribution in [-0.2, 0) is 19.6 Å². The van der Waals surface area contributed by atoms with Gasteiger partial charge in [-0.3, -0.25) is 14.5 Å². The van der Waals surface area contributed by atoms with Gasteiger partial charge in [-0.2, -0.15) is 0 Å². The first-order valence-corrected chi connectivity index (χ1v) is 10.6. The molecule has 0 atom stereocenters. The predicted molar refractivity (Wildman–Crippen MR) is 101 cm³/mol. The Morgan fingerprint density at radius 3 is 2.63 bits per heavy atom. The van der Waals surface area contributed by atoms with E-state index < -0.39 is 10.0 Å². The molecule has 0 N–H and O–H groups in total. The number of likely N-dealkylation sites (N-methyl/N-ethyl adjacent to an activating group) is 1. The van der Waals surface area contributed by atoms with E-state index in [1.807, 2.05) is 0 Å². The van der Waals surface area contributed by atoms with Crippen LogP contribution in [0.3, 0.4) is 0 Å². The molecule has 3 heterocycles. The Morgan fingerprint density at radius 2 is 1.89 bits per heavy atom. The third-order valence-corrected chi connectivity index (χ3v) is 5.97. The van der Waals surface area contributed by atoms with Crippen LogP contribution in [0.1, 0.15) is 6.42 Å². The first-order chi connectivity index (χ1) is 12.7. The van der Waals surface area contributed by atoms with Gasteiger partial charge in [0.05, 0.1) is 17.9 Å². The van der Waals surface area contributed by atoms with Crippen molar-refractivity contribution in [3.05, 3.63) is 23.9 Å². The molecule has 0 radical (unpaired) electrons. The monoisotopic (exact) mass is 395 g/mol. The second kappa shape index (κ2) is 7.81. The van der Waals surface area contributed by atoms with Gasteiger partial charge in [0, 0.05) is 53.0 Å². The second-order valence-corrected chi connectivity index (χ2v) is 8.81. The molecular weight excluding hydrogens is 370 g/mol. The van der Waals surface area contributed by atoms with Crippen LogP contribution in [0.4, 0.5) is 0 Å². The van der Waals surface area contributed by atoms with Gasteiger partial charge in [0.15, 0.2) is 0 Å². The van der Waals surface area contributed by atoms with Crippen LogP contribution < -0.4 is 0 Å². The van der Waals surface area contributed by atoms with Crippen molar-refractivity contribution in [3.8, 4) is 0 Å². The molecule has 0 aromatic carbocycles. The summed E-state index contributed by atoms with van der Waals surface area (Å²) >= 11 is 0. The standard InChI is InChI=1S/C17H25N5O4S/c1-19(2)16(23)13-20-6-3-7-21(9-8-20)17(24)14-4-5-15-18-27(25,26)11-10-22(15)12-14/h4-5,12H,3,6-11,13H2,1-2H3. The van der Waals surface area contributed by atoms with Crippen LogP contribution in [0.25, 0.3) is 0 Å². The molecular formula is C17H25N5O4S. The van der Waals surface area contributed by atoms with E-state index in [-0.39, 0.29) is 17.6 Å². The number of amides is 2. The van der Waals surface area contributed by atoms with E-state index >= 15 is 0 Å². The fourth-order valence-electron chi connectivity index (χ4n) is 3.17. The highest BCUT2D eigenvalue weighted by molar-refractivity contribution is 7.90. The SMILES string of the molecule is CN(C)C(=O)CN1CCCN(C(=O)C2=CN3CCS(=O)(=O)N=C3C=C2)CC1. The molecule has 3 rings (SSSR count). The van der Waals surface area contributed by atoms with Crippen LogP contribution in [0, 0.1) is 0 Å². The first-order valence-electron chi connectivity index (χ1n) is 8.96. The first kappa shape index (κ1) is 19.6. The molecule has 3 aliphatic heterocycles. The predicted octanol–water partition coefficient (Wildman–Crippen LogP) is -0.893. The van der Waals surface area contributed by atoms with E-state index in [9.17, 15) is 18.0 Å². The molecule has 27 heavy (non-hydrogen) atoms. The van der Waals surface area contributed by atoms with E-state index in [0.29, 0.717) is 44.1 Å². The molecule has 0 unspecified atom stereocenters. The number of nitrogens with zero attached hydrogens (tertiary/aromatic N) is 5. The quantitative estimate of drug-likeness (QED) is 0.615. The normalized spacial score (nSPS) is 22.4. The lowest BCUT2D eigenvalue weighted by Gasteiger charge is -2.29. The topological polar surface area (TPSA) is 93.6 Å². The lowest BCUT2D eigenvalue weighted by molar-refractivity contribution is -0.129. The average Bonchev–Trinajstić information content (AvgIpc) is 2.85. The summed E-state index contributed by atoms with van der Waals surface area (Å²) in [6, 6.07) is 0. The maximum atomic E-state index is 12.9. The zero-order valence-corrected chi connectivity index (χ0v) is 16.5. The summed E-state index contributed by atoms with van der Waals surface area (Å²) in [4.78, 5) is 31.9. The Bertz CT molecular complexity index is 815. The van der Waals surface area contributed by atoms with Crippen molar-refractivity contribution in [2.45, 2.75) is 6.42 Å². The summed E-state index contributed by atoms with van der Waals surface area (Å²) in [7, 11) is 0.0702. The van der Waals surface area contributed by atoms with Crippen molar-refractivity contribution < 1.29 is 18.0 Å². The summed E-state index contributed by atoms with van der Waals surface area (Å²) in [6.45, 7) is 3.27. The Kier molecular flexibility index (Phi) is 5.66. The van der Waals surface area contributed by atoms with Gasteiger partial charge in [-0.15, -0.1) is 4.40 Å². The number of amidine groups is 1. The largest absolute Gasteiger partial charge is 0.348 e. The number of rotatable bonds is 3. The Morgan fingerprint density at radius 1 is 1.11 bits per heavy atom. The minimum absolute atomic E-state index is 0.0547. The summed E-state index contributed by atoms with van der Waals surface area (Å²) in [5, 5.41) is 0. The third kappa shape index (κ3) is 4.75. The lowest BCUT2D eigenvalue weighted by atomic mass is 10.1. The van der Waals surface area contributed by atoms with E-state index in [2.05, 4.69) is 9.30 Å². The van der Waals surface area contributed by atoms with E-state index in [1.165, 1.54) is 0 Å². The number of carbonyl (C=O) groups excluding carboxylic acids is 2. The fraction of sp³-hybridized carbons (Fsp3) is 0.588. The Hall–Kier alpha value is -2.20. The molecule has 0 saturated carbocycles. The van der Waals surface area contributed by atoms with Crippen molar-refractivity contribution in [1.29, 1.82) is 0 Å². The number of carbonyl (C=O) groups is 2. The van der Waals surface area contributed by atoms with E-state index in [1.54, 1.807) is 47.1 Å². The van der Waals surface area contributed by atoms with Crippen molar-refractivity contribution in [1.82, 2.24) is 19.6 Å². The van der Waals surface area contributed by atoms with Crippen LogP contribution >= 0.6 is 0 Å². The van der Waals surface area contributed by atoms with Crippen molar-refractivity contribution in [2.24, 2.45) is 4.40 Å². The summed E-state index contributed by atoms with van der Waals surface area (Å²) in [5.74, 6) is 0.266. The molecule has 0 bridgehead atoms. The van der Waals surface area contributed by atoms with Gasteiger partial charge in [0.1, 0.15) is 5.84 Å². The highest BCUT2D eigenvalue weighted by Crippen LogP contribution is 2.18. The van der Waals surface area contributed by atoms with Gasteiger partial charge in [-0.25, -0.2) is 8.42 Å². The Labute approximate surface area is 159 Å². The number of sulfonamides is 1. The number of hydrogen-bond donors (Lipinski definition) is 0. The highest BCUT2D eigenvalue weighted by atomic mass is 32.2. The molecule has 3 aliphatic rings. The van der Waals surface area contributed by atoms with E-state index in [0.717, 1.165) is 13.0 Å². The van der Waals surface area contributed by atoms with Crippen LogP contribution in [0.2, 0.25) is 0 Å². The average molecular weight is 395 g/mol. The molecule has 148 valence electrons. The third-order valence-electron chi connectivity index (χ3n) is 4.80. The van der Waals surface area contributed by atoms with E-state index in [4.69, 9.17) is 0 Å². The number of fused-ring (bicyclic) bond motifs is 1. The minimum Gasteiger partial charge on any atom is -0.348 e. The van der Waals surface area contributed by atoms with Gasteiger partial charge in [0.2, 0.25) is 5.91 Å². The maximum absolute atomic E-state index is 12.9. The minimum atomic E-state index is -3.40. The molecule has 0 aromatic heterocycles. The molecule has 1 saturated heterocycles. The molecule has 0 aromatic rings. The highest BCUT2D eigenvalue weighted by Gasteiger charge is 2.27. The van der Waals surface area contributed by atoms with Gasteiger partial charge in [-0.05, 0) is 18.6 Å². The molecule has 9 nitrogen and oxygen atoms in total. The molecule has 2 amide bonds. The molecule has 0 aliphatic carbocycles. The van der Waals surface area contributed by atoms with Gasteiger partial charge in [-0.1, -0.05) is 0 Å². The zero-order valence-electron chi connectivity index (χ0n) is 15.7. The summed E-state index contributed by atoms with van der Waals surface area (Å²) in [5.41, 5.74) is 0.520. The zero-order chi connectivity index (χ0) is 19.6. The van der Waals surface area contributed by atoms with Crippen LogP contribution in [0.15, 0.2) is 28.3 Å². The smallest absolute Gasteiger partial charge is 0.256 e. The lowest BCUT2D eigenvalue weighted by Crippen LogP contribution is -2.41. The fourth-order valence-corrected chi connectivity index (χ4v) is 4.14. The molecule has 1 fully saturated rings. The van der Waals surface area contributed by atoms with Crippen molar-refractivity contribution in [3.63, 3.8) is 0 Å². The Balaban J connectivity index is 1.63. The second-order valence-electron chi connectivity index (χ2n) is 7.06.